The number of unbranched alkanes of at least 4 members (excludes halogenated alkanes) is 20. The molecule has 2 atom stereocenters. The van der Waals surface area contributed by atoms with E-state index in [1.54, 1.807) is 0 Å². The molecule has 2 N–H and O–H groups in total. The van der Waals surface area contributed by atoms with Crippen LogP contribution in [0.4, 0.5) is 0 Å². The predicted octanol–water partition coefficient (Wildman–Crippen LogP) is 9.95. The molecule has 0 saturated carbocycles. The zero-order chi connectivity index (χ0) is 42.0. The maximum atomic E-state index is 10.3. The van der Waals surface area contributed by atoms with Gasteiger partial charge in [0.25, 0.3) is 0 Å². The van der Waals surface area contributed by atoms with E-state index in [0.717, 1.165) is 65.0 Å². The Bertz CT molecular complexity index is 1080. The number of ether oxygens (including phenoxy) is 2. The van der Waals surface area contributed by atoms with E-state index in [1.807, 2.05) is 12.1 Å². The van der Waals surface area contributed by atoms with Crippen LogP contribution in [0.1, 0.15) is 204 Å². The first-order chi connectivity index (χ1) is 28.4. The second kappa shape index (κ2) is 44.8. The van der Waals surface area contributed by atoms with Crippen molar-refractivity contribution in [3.8, 4) is 0 Å². The summed E-state index contributed by atoms with van der Waals surface area (Å²) in [6.45, 7) is 3.17. The number of carbonyl (C=O) groups excluding carboxylic acids is 2. The summed E-state index contributed by atoms with van der Waals surface area (Å²) in [5, 5.41) is 40.2. The quantitative estimate of drug-likeness (QED) is 0.0498. The fourth-order valence-corrected chi connectivity index (χ4v) is 7.13. The van der Waals surface area contributed by atoms with Crippen molar-refractivity contribution in [2.45, 2.75) is 218 Å². The molecule has 332 valence electrons. The Morgan fingerprint density at radius 1 is 0.407 bits per heavy atom. The van der Waals surface area contributed by atoms with Gasteiger partial charge in [-0.15, -0.1) is 0 Å². The second-order valence-corrected chi connectivity index (χ2v) is 16.3. The van der Waals surface area contributed by atoms with Crippen LogP contribution in [0.2, 0.25) is 0 Å². The molecule has 2 unspecified atom stereocenters. The Hall–Kier alpha value is -1.21. The summed E-state index contributed by atoms with van der Waals surface area (Å²) >= 11 is 0. The number of aliphatic hydroxyl groups excluding tert-OH is 2. The van der Waals surface area contributed by atoms with Crippen molar-refractivity contribution in [3.63, 3.8) is 0 Å². The van der Waals surface area contributed by atoms with Crippen LogP contribution in [0.3, 0.4) is 0 Å². The first-order valence-electron chi connectivity index (χ1n) is 23.4. The van der Waals surface area contributed by atoms with Crippen LogP contribution < -0.4 is 10.2 Å². The van der Waals surface area contributed by atoms with Gasteiger partial charge in [0, 0.05) is 25.2 Å². The van der Waals surface area contributed by atoms with Crippen LogP contribution >= 0.6 is 0 Å². The molecule has 2 aromatic carbocycles. The molecule has 2 aromatic rings. The maximum absolute atomic E-state index is 10.3. The summed E-state index contributed by atoms with van der Waals surface area (Å²) in [5.41, 5.74) is 2.49. The Morgan fingerprint density at radius 2 is 0.661 bits per heavy atom. The topological polar surface area (TPSA) is 139 Å². The average molecular weight is 949 g/mol. The van der Waals surface area contributed by atoms with Crippen molar-refractivity contribution in [1.29, 1.82) is 0 Å². The Morgan fingerprint density at radius 3 is 0.949 bits per heavy atom. The normalized spacial score (nSPS) is 12.0. The number of carbonyl (C=O) groups is 2. The molecule has 0 bridgehead atoms. The minimum atomic E-state index is -1.02. The molecule has 8 nitrogen and oxygen atoms in total. The fourth-order valence-electron chi connectivity index (χ4n) is 7.13. The van der Waals surface area contributed by atoms with Gasteiger partial charge >= 0.3 is 48.9 Å². The third-order valence-corrected chi connectivity index (χ3v) is 10.7. The molecule has 59 heavy (non-hydrogen) atoms. The van der Waals surface area contributed by atoms with Crippen LogP contribution in [-0.4, -0.2) is 96.5 Å². The smallest absolute Gasteiger partial charge is 0.550 e. The molecular weight excluding hydrogens is 866 g/mol. The predicted molar refractivity (Wildman–Crippen MR) is 238 cm³/mol. The number of carboxylic acids is 2. The summed E-state index contributed by atoms with van der Waals surface area (Å²) < 4.78 is 11.4. The first kappa shape index (κ1) is 57.8. The molecule has 0 radical (unpaired) electrons. The minimum absolute atomic E-state index is 0. The van der Waals surface area contributed by atoms with E-state index in [2.05, 4.69) is 48.5 Å². The largest absolute Gasteiger partial charge is 2.00 e. The van der Waals surface area contributed by atoms with E-state index in [1.165, 1.54) is 127 Å². The van der Waals surface area contributed by atoms with E-state index in [4.69, 9.17) is 9.47 Å². The number of hydrogen-bond acceptors (Lipinski definition) is 8. The van der Waals surface area contributed by atoms with Gasteiger partial charge in [-0.3, -0.25) is 0 Å². The van der Waals surface area contributed by atoms with Crippen LogP contribution in [0.15, 0.2) is 60.7 Å². The monoisotopic (exact) mass is 949 g/mol. The van der Waals surface area contributed by atoms with Gasteiger partial charge in [0.1, 0.15) is 0 Å². The Balaban J connectivity index is 0.00000112. The van der Waals surface area contributed by atoms with Gasteiger partial charge in [-0.05, 0) is 75.3 Å². The number of hydrogen-bond donors (Lipinski definition) is 2. The summed E-state index contributed by atoms with van der Waals surface area (Å²) in [4.78, 5) is 20.7. The average Bonchev–Trinajstić information content (AvgIpc) is 3.21. The minimum Gasteiger partial charge on any atom is -0.550 e. The third kappa shape index (κ3) is 43.2. The van der Waals surface area contributed by atoms with Crippen molar-refractivity contribution >= 4 is 60.8 Å². The molecule has 0 saturated heterocycles. The number of aliphatic hydroxyl groups is 2. The van der Waals surface area contributed by atoms with Gasteiger partial charge in [0.15, 0.2) is 0 Å². The molecule has 0 aromatic heterocycles. The molecule has 0 heterocycles. The van der Waals surface area contributed by atoms with Gasteiger partial charge in [0.2, 0.25) is 0 Å². The van der Waals surface area contributed by atoms with Gasteiger partial charge < -0.3 is 39.5 Å². The van der Waals surface area contributed by atoms with Crippen molar-refractivity contribution < 1.29 is 39.5 Å². The molecule has 2 rings (SSSR count). The molecule has 0 spiro atoms. The number of aliphatic carboxylic acids is 2. The standard InChI is InChI=1S/2C25H42O4.Ba/c2*26-24(19-15-20-25(27)28)18-13-8-6-4-2-1-3-5-7-9-14-21-29-22-23-16-11-10-12-17-23;/h2*10-12,16-17,24,26H,1-9,13-15,18-22H2,(H,27,28);/q;;+2/p-2. The van der Waals surface area contributed by atoms with Crippen molar-refractivity contribution in [2.75, 3.05) is 13.2 Å². The molecule has 0 aliphatic heterocycles. The molecule has 9 heteroatoms. The van der Waals surface area contributed by atoms with Gasteiger partial charge in [-0.2, -0.15) is 0 Å². The fraction of sp³-hybridized carbons (Fsp3) is 0.720. The summed E-state index contributed by atoms with van der Waals surface area (Å²) in [6, 6.07) is 20.7. The first-order valence-corrected chi connectivity index (χ1v) is 23.4. The second-order valence-electron chi connectivity index (χ2n) is 16.3. The Labute approximate surface area is 400 Å². The molecular formula is C50H82BaO8. The van der Waals surface area contributed by atoms with Gasteiger partial charge in [-0.25, -0.2) is 0 Å². The Kier molecular flexibility index (Phi) is 43.9. The SMILES string of the molecule is O=C([O-])CCCC(O)CCCCCCCCCCCCCOCc1ccccc1.O=C([O-])CCCC(O)CCCCCCCCCCCCCOCc1ccccc1.[Ba+2]. The molecule has 0 fully saturated rings. The number of rotatable bonds is 40. The van der Waals surface area contributed by atoms with E-state index in [-0.39, 0.29) is 73.9 Å². The van der Waals surface area contributed by atoms with Crippen molar-refractivity contribution in [3.05, 3.63) is 71.8 Å². The van der Waals surface area contributed by atoms with Gasteiger partial charge in [0.05, 0.1) is 25.4 Å². The van der Waals surface area contributed by atoms with Crippen LogP contribution in [0.5, 0.6) is 0 Å². The summed E-state index contributed by atoms with van der Waals surface area (Å²) in [7, 11) is 0. The van der Waals surface area contributed by atoms with Crippen molar-refractivity contribution in [2.24, 2.45) is 0 Å². The molecule has 0 aliphatic rings. The zero-order valence-corrected chi connectivity index (χ0v) is 41.5. The molecule has 0 amide bonds. The molecule has 0 aliphatic carbocycles. The van der Waals surface area contributed by atoms with Crippen LogP contribution in [-0.2, 0) is 32.3 Å². The third-order valence-electron chi connectivity index (χ3n) is 10.7. The number of benzene rings is 2. The van der Waals surface area contributed by atoms with Crippen molar-refractivity contribution in [1.82, 2.24) is 0 Å². The van der Waals surface area contributed by atoms with Crippen LogP contribution in [0.25, 0.3) is 0 Å². The van der Waals surface area contributed by atoms with E-state index in [9.17, 15) is 30.0 Å². The van der Waals surface area contributed by atoms with Gasteiger partial charge in [-0.1, -0.05) is 189 Å². The van der Waals surface area contributed by atoms with E-state index < -0.39 is 11.9 Å². The van der Waals surface area contributed by atoms with E-state index >= 15 is 0 Å². The van der Waals surface area contributed by atoms with Crippen LogP contribution in [0, 0.1) is 0 Å². The summed E-state index contributed by atoms with van der Waals surface area (Å²) in [5.74, 6) is -2.05. The summed E-state index contributed by atoms with van der Waals surface area (Å²) in [6.07, 6.45) is 30.7. The maximum Gasteiger partial charge on any atom is 2.00 e. The zero-order valence-electron chi connectivity index (χ0n) is 37.0. The number of carboxylic acid groups (broad SMARTS) is 2. The van der Waals surface area contributed by atoms with E-state index in [0.29, 0.717) is 25.7 Å².